The predicted molar refractivity (Wildman–Crippen MR) is 140 cm³/mol. The Bertz CT molecular complexity index is 1700. The SMILES string of the molecule is O=C1c2oc3ccccc3c(=O)c2C(c2cccc(O)c2)N1c1nnc(SCc2ccccc2Cl)s1. The Balaban J connectivity index is 1.43. The van der Waals surface area contributed by atoms with Crippen LogP contribution >= 0.6 is 34.7 Å². The van der Waals surface area contributed by atoms with E-state index in [1.165, 1.54) is 40.1 Å². The van der Waals surface area contributed by atoms with E-state index in [1.807, 2.05) is 24.3 Å². The van der Waals surface area contributed by atoms with Crippen LogP contribution in [0, 0.1) is 0 Å². The van der Waals surface area contributed by atoms with E-state index in [2.05, 4.69) is 10.2 Å². The third kappa shape index (κ3) is 3.85. The van der Waals surface area contributed by atoms with Crippen LogP contribution in [0.4, 0.5) is 5.13 Å². The Morgan fingerprint density at radius 2 is 1.83 bits per heavy atom. The van der Waals surface area contributed by atoms with E-state index in [1.54, 1.807) is 36.4 Å². The summed E-state index contributed by atoms with van der Waals surface area (Å²) in [5, 5.41) is 20.1. The molecule has 10 heteroatoms. The molecule has 1 aliphatic heterocycles. The van der Waals surface area contributed by atoms with Crippen molar-refractivity contribution in [3.63, 3.8) is 0 Å². The topological polar surface area (TPSA) is 96.5 Å². The molecule has 7 nitrogen and oxygen atoms in total. The van der Waals surface area contributed by atoms with Crippen molar-refractivity contribution in [3.8, 4) is 5.75 Å². The van der Waals surface area contributed by atoms with Crippen LogP contribution in [0.2, 0.25) is 5.02 Å². The molecule has 2 aromatic heterocycles. The first kappa shape index (κ1) is 22.8. The Kier molecular flexibility index (Phi) is 5.75. The average Bonchev–Trinajstić information content (AvgIpc) is 3.46. The third-order valence-electron chi connectivity index (χ3n) is 5.87. The molecular weight excluding hydrogens is 518 g/mol. The summed E-state index contributed by atoms with van der Waals surface area (Å²) < 4.78 is 6.59. The minimum Gasteiger partial charge on any atom is -0.508 e. The van der Waals surface area contributed by atoms with Crippen molar-refractivity contribution in [2.75, 3.05) is 4.90 Å². The van der Waals surface area contributed by atoms with Crippen LogP contribution in [0.3, 0.4) is 0 Å². The number of carbonyl (C=O) groups excluding carboxylic acids is 1. The minimum absolute atomic E-state index is 0.0202. The van der Waals surface area contributed by atoms with Gasteiger partial charge in [-0.2, -0.15) is 0 Å². The van der Waals surface area contributed by atoms with Gasteiger partial charge in [-0.25, -0.2) is 0 Å². The fourth-order valence-corrected chi connectivity index (χ4v) is 6.39. The number of amides is 1. The molecule has 1 atom stereocenters. The largest absolute Gasteiger partial charge is 0.508 e. The molecular formula is C26H16ClN3O4S2. The zero-order chi connectivity index (χ0) is 24.8. The van der Waals surface area contributed by atoms with Gasteiger partial charge in [0, 0.05) is 10.8 Å². The van der Waals surface area contributed by atoms with Gasteiger partial charge in [0.2, 0.25) is 10.9 Å². The lowest BCUT2D eigenvalue weighted by atomic mass is 9.98. The molecule has 0 bridgehead atoms. The molecule has 178 valence electrons. The summed E-state index contributed by atoms with van der Waals surface area (Å²) in [6.45, 7) is 0. The van der Waals surface area contributed by atoms with Crippen LogP contribution in [-0.2, 0) is 5.75 Å². The quantitative estimate of drug-likeness (QED) is 0.217. The third-order valence-corrected chi connectivity index (χ3v) is 8.35. The number of rotatable bonds is 5. The number of hydrogen-bond acceptors (Lipinski definition) is 8. The van der Waals surface area contributed by atoms with Gasteiger partial charge >= 0.3 is 0 Å². The summed E-state index contributed by atoms with van der Waals surface area (Å²) in [7, 11) is 0. The maximum atomic E-state index is 13.6. The molecule has 3 heterocycles. The van der Waals surface area contributed by atoms with E-state index in [4.69, 9.17) is 16.0 Å². The van der Waals surface area contributed by atoms with E-state index < -0.39 is 11.9 Å². The van der Waals surface area contributed by atoms with Crippen LogP contribution in [-0.4, -0.2) is 21.2 Å². The van der Waals surface area contributed by atoms with Crippen LogP contribution in [0.25, 0.3) is 11.0 Å². The van der Waals surface area contributed by atoms with Crippen molar-refractivity contribution in [2.24, 2.45) is 0 Å². The average molecular weight is 534 g/mol. The molecule has 6 rings (SSSR count). The Labute approximate surface area is 218 Å². The van der Waals surface area contributed by atoms with Gasteiger partial charge in [-0.05, 0) is 41.5 Å². The number of nitrogens with zero attached hydrogens (tertiary/aromatic N) is 3. The lowest BCUT2D eigenvalue weighted by molar-refractivity contribution is 0.0970. The Morgan fingerprint density at radius 3 is 2.67 bits per heavy atom. The van der Waals surface area contributed by atoms with E-state index >= 15 is 0 Å². The summed E-state index contributed by atoms with van der Waals surface area (Å²) in [5.41, 5.74) is 1.77. The number of phenols is 1. The summed E-state index contributed by atoms with van der Waals surface area (Å²) in [6.07, 6.45) is 0. The molecule has 0 aliphatic carbocycles. The molecule has 0 saturated heterocycles. The highest BCUT2D eigenvalue weighted by Gasteiger charge is 2.45. The van der Waals surface area contributed by atoms with Crippen molar-refractivity contribution in [1.82, 2.24) is 10.2 Å². The number of halogens is 1. The number of benzene rings is 3. The number of carbonyl (C=O) groups is 1. The minimum atomic E-state index is -0.824. The molecule has 0 spiro atoms. The highest BCUT2D eigenvalue weighted by atomic mass is 35.5. The highest BCUT2D eigenvalue weighted by molar-refractivity contribution is 8.00. The molecule has 0 saturated carbocycles. The second-order valence-electron chi connectivity index (χ2n) is 8.07. The molecule has 0 radical (unpaired) electrons. The number of aromatic hydroxyl groups is 1. The van der Waals surface area contributed by atoms with Crippen molar-refractivity contribution in [2.45, 2.75) is 16.1 Å². The number of para-hydroxylation sites is 1. The summed E-state index contributed by atoms with van der Waals surface area (Å²) in [4.78, 5) is 28.6. The number of fused-ring (bicyclic) bond motifs is 2. The van der Waals surface area contributed by atoms with Gasteiger partial charge in [0.25, 0.3) is 5.91 Å². The summed E-state index contributed by atoms with van der Waals surface area (Å²) in [5.74, 6) is 0.0865. The van der Waals surface area contributed by atoms with Crippen LogP contribution < -0.4 is 10.3 Å². The second kappa shape index (κ2) is 9.09. The zero-order valence-corrected chi connectivity index (χ0v) is 20.8. The first-order chi connectivity index (χ1) is 17.5. The van der Waals surface area contributed by atoms with E-state index in [0.717, 1.165) is 5.56 Å². The molecule has 1 amide bonds. The number of thioether (sulfide) groups is 1. The van der Waals surface area contributed by atoms with Gasteiger partial charge in [0.05, 0.1) is 17.0 Å². The van der Waals surface area contributed by atoms with Gasteiger partial charge < -0.3 is 9.52 Å². The molecule has 5 aromatic rings. The number of anilines is 1. The summed E-state index contributed by atoms with van der Waals surface area (Å²) >= 11 is 8.96. The smallest absolute Gasteiger partial charge is 0.297 e. The fourth-order valence-electron chi connectivity index (χ4n) is 4.24. The van der Waals surface area contributed by atoms with Gasteiger partial charge in [0.1, 0.15) is 11.3 Å². The predicted octanol–water partition coefficient (Wildman–Crippen LogP) is 6.05. The first-order valence-corrected chi connectivity index (χ1v) is 13.1. The zero-order valence-electron chi connectivity index (χ0n) is 18.4. The molecule has 1 aliphatic rings. The normalized spacial score (nSPS) is 15.0. The molecule has 3 aromatic carbocycles. The van der Waals surface area contributed by atoms with E-state index in [9.17, 15) is 14.7 Å². The number of aromatic nitrogens is 2. The Morgan fingerprint density at radius 1 is 1.03 bits per heavy atom. The van der Waals surface area contributed by atoms with Gasteiger partial charge in [-0.1, -0.05) is 77.2 Å². The molecule has 0 fully saturated rings. The molecule has 36 heavy (non-hydrogen) atoms. The summed E-state index contributed by atoms with van der Waals surface area (Å²) in [6, 6.07) is 20.0. The standard InChI is InChI=1S/C26H16ClN3O4S2/c27-18-10-3-1-6-15(18)13-35-26-29-28-25(36-26)30-21(14-7-5-8-16(31)12-14)20-22(32)17-9-2-4-11-19(17)34-23(20)24(30)33/h1-12,21,31H,13H2. The van der Waals surface area contributed by atoms with Gasteiger partial charge in [0.15, 0.2) is 9.77 Å². The maximum Gasteiger partial charge on any atom is 0.297 e. The van der Waals surface area contributed by atoms with Crippen molar-refractivity contribution in [1.29, 1.82) is 0 Å². The fraction of sp³-hybridized carbons (Fsp3) is 0.0769. The van der Waals surface area contributed by atoms with Crippen LogP contribution in [0.5, 0.6) is 5.75 Å². The number of phenolic OH excluding ortho intramolecular Hbond substituents is 1. The highest BCUT2D eigenvalue weighted by Crippen LogP contribution is 2.43. The van der Waals surface area contributed by atoms with Crippen LogP contribution in [0.1, 0.15) is 33.3 Å². The monoisotopic (exact) mass is 533 g/mol. The van der Waals surface area contributed by atoms with Crippen molar-refractivity contribution >= 4 is 56.7 Å². The van der Waals surface area contributed by atoms with E-state index in [-0.39, 0.29) is 22.5 Å². The lowest BCUT2D eigenvalue weighted by Crippen LogP contribution is -2.29. The second-order valence-corrected chi connectivity index (χ2v) is 10.7. The van der Waals surface area contributed by atoms with Gasteiger partial charge in [-0.15, -0.1) is 10.2 Å². The van der Waals surface area contributed by atoms with Gasteiger partial charge in [-0.3, -0.25) is 14.5 Å². The number of hydrogen-bond donors (Lipinski definition) is 1. The van der Waals surface area contributed by atoms with Crippen molar-refractivity contribution < 1.29 is 14.3 Å². The maximum absolute atomic E-state index is 13.6. The molecule has 1 N–H and O–H groups in total. The van der Waals surface area contributed by atoms with Crippen molar-refractivity contribution in [3.05, 3.63) is 110 Å². The Hall–Kier alpha value is -3.66. The first-order valence-electron chi connectivity index (χ1n) is 10.9. The van der Waals surface area contributed by atoms with Crippen LogP contribution in [0.15, 0.2) is 86.3 Å². The molecule has 1 unspecified atom stereocenters. The lowest BCUT2D eigenvalue weighted by Gasteiger charge is -2.22. The van der Waals surface area contributed by atoms with E-state index in [0.29, 0.717) is 36.8 Å².